The summed E-state index contributed by atoms with van der Waals surface area (Å²) in [5.74, 6) is 0.369. The fourth-order valence-corrected chi connectivity index (χ4v) is 5.92. The number of pyridine rings is 1. The molecule has 0 spiro atoms. The van der Waals surface area contributed by atoms with Crippen LogP contribution in [0.1, 0.15) is 33.6 Å². The summed E-state index contributed by atoms with van der Waals surface area (Å²) in [4.78, 5) is 39.1. The second-order valence-electron chi connectivity index (χ2n) is 11.5. The number of amides is 3. The molecule has 2 aliphatic heterocycles. The molecule has 8 nitrogen and oxygen atoms in total. The van der Waals surface area contributed by atoms with Crippen molar-refractivity contribution in [1.82, 2.24) is 14.8 Å². The molecule has 5 rings (SSSR count). The molecule has 220 valence electrons. The minimum atomic E-state index is -0.191. The Balaban J connectivity index is 1.21. The number of nitrogens with zero attached hydrogens (tertiary/aromatic N) is 5. The van der Waals surface area contributed by atoms with Gasteiger partial charge in [-0.05, 0) is 86.4 Å². The average molecular weight is 587 g/mol. The third-order valence-electron chi connectivity index (χ3n) is 8.17. The minimum Gasteiger partial charge on any atom is -0.378 e. The Labute approximate surface area is 253 Å². The molecule has 1 aromatic heterocycles. The number of urea groups is 1. The van der Waals surface area contributed by atoms with Crippen molar-refractivity contribution in [1.29, 1.82) is 0 Å². The van der Waals surface area contributed by atoms with Gasteiger partial charge in [0.1, 0.15) is 0 Å². The van der Waals surface area contributed by atoms with Gasteiger partial charge in [-0.25, -0.2) is 4.79 Å². The zero-order valence-electron chi connectivity index (χ0n) is 25.0. The highest BCUT2D eigenvalue weighted by Gasteiger charge is 2.36. The normalized spacial score (nSPS) is 16.3. The summed E-state index contributed by atoms with van der Waals surface area (Å²) in [6.07, 6.45) is 4.58. The summed E-state index contributed by atoms with van der Waals surface area (Å²) >= 11 is 6.44. The van der Waals surface area contributed by atoms with E-state index in [1.165, 1.54) is 5.57 Å². The standard InChI is InChI=1S/C33H39ClN6O2/c1-22-7-10-29(17-30(22)34)40(33(42)36-27-8-11-28(12-9-27)37(4)5)16-6-15-38-18-25-20-39(21-26(25)19-38)32(41)31-23(2)13-14-35-24(31)3/h7-14,17,20,26H,6,15-16,18-19,21H2,1-5H3,(H,36,42). The summed E-state index contributed by atoms with van der Waals surface area (Å²) in [5.41, 5.74) is 7.27. The number of hydrogen-bond donors (Lipinski definition) is 1. The molecule has 3 amide bonds. The van der Waals surface area contributed by atoms with Crippen LogP contribution in [0.15, 0.2) is 66.5 Å². The van der Waals surface area contributed by atoms with Crippen LogP contribution in [-0.2, 0) is 0 Å². The van der Waals surface area contributed by atoms with Gasteiger partial charge in [0, 0.05) is 87.2 Å². The van der Waals surface area contributed by atoms with Gasteiger partial charge in [0.15, 0.2) is 0 Å². The number of fused-ring (bicyclic) bond motifs is 1. The quantitative estimate of drug-likeness (QED) is 0.344. The lowest BCUT2D eigenvalue weighted by atomic mass is 10.1. The number of likely N-dealkylation sites (tertiary alicyclic amines) is 1. The van der Waals surface area contributed by atoms with Crippen molar-refractivity contribution < 1.29 is 9.59 Å². The number of carbonyl (C=O) groups is 2. The lowest BCUT2D eigenvalue weighted by Crippen LogP contribution is -2.37. The van der Waals surface area contributed by atoms with Crippen molar-refractivity contribution in [2.24, 2.45) is 5.92 Å². The molecule has 1 N–H and O–H groups in total. The zero-order chi connectivity index (χ0) is 30.0. The molecule has 2 aliphatic rings. The first kappa shape index (κ1) is 29.6. The molecule has 0 bridgehead atoms. The van der Waals surface area contributed by atoms with Gasteiger partial charge in [-0.1, -0.05) is 17.7 Å². The van der Waals surface area contributed by atoms with Crippen molar-refractivity contribution in [3.05, 3.63) is 93.9 Å². The van der Waals surface area contributed by atoms with E-state index in [0.29, 0.717) is 29.6 Å². The molecule has 1 atom stereocenters. The number of hydrogen-bond acceptors (Lipinski definition) is 5. The van der Waals surface area contributed by atoms with Crippen LogP contribution >= 0.6 is 11.6 Å². The Morgan fingerprint density at radius 3 is 2.40 bits per heavy atom. The Morgan fingerprint density at radius 1 is 1.00 bits per heavy atom. The monoisotopic (exact) mass is 586 g/mol. The highest BCUT2D eigenvalue weighted by atomic mass is 35.5. The molecule has 1 unspecified atom stereocenters. The Hall–Kier alpha value is -3.88. The third kappa shape index (κ3) is 6.45. The van der Waals surface area contributed by atoms with Crippen LogP contribution in [0.3, 0.4) is 0 Å². The Bertz CT molecular complexity index is 1480. The van der Waals surface area contributed by atoms with Crippen LogP contribution in [0, 0.1) is 26.7 Å². The number of benzene rings is 2. The second-order valence-corrected chi connectivity index (χ2v) is 11.9. The first-order valence-corrected chi connectivity index (χ1v) is 14.8. The minimum absolute atomic E-state index is 0.0290. The van der Waals surface area contributed by atoms with Crippen molar-refractivity contribution in [2.75, 3.05) is 61.9 Å². The molecule has 1 saturated heterocycles. The molecule has 0 saturated carbocycles. The van der Waals surface area contributed by atoms with Gasteiger partial charge in [-0.2, -0.15) is 0 Å². The maximum Gasteiger partial charge on any atom is 0.326 e. The number of rotatable bonds is 8. The van der Waals surface area contributed by atoms with Gasteiger partial charge < -0.3 is 15.1 Å². The topological polar surface area (TPSA) is 72.0 Å². The highest BCUT2D eigenvalue weighted by molar-refractivity contribution is 6.31. The molecule has 2 aromatic carbocycles. The molecular formula is C33H39ClN6O2. The molecule has 9 heteroatoms. The predicted octanol–water partition coefficient (Wildman–Crippen LogP) is 6.13. The van der Waals surface area contributed by atoms with Gasteiger partial charge in [0.05, 0.1) is 11.3 Å². The fourth-order valence-electron chi connectivity index (χ4n) is 5.75. The van der Waals surface area contributed by atoms with Crippen LogP contribution in [0.5, 0.6) is 0 Å². The number of halogens is 1. The molecule has 3 heterocycles. The number of aryl methyl sites for hydroxylation is 3. The van der Waals surface area contributed by atoms with Crippen LogP contribution in [0.2, 0.25) is 5.02 Å². The average Bonchev–Trinajstić information content (AvgIpc) is 3.52. The van der Waals surface area contributed by atoms with E-state index in [2.05, 4.69) is 15.2 Å². The molecule has 1 fully saturated rings. The van der Waals surface area contributed by atoms with E-state index in [1.54, 1.807) is 11.1 Å². The predicted molar refractivity (Wildman–Crippen MR) is 171 cm³/mol. The van der Waals surface area contributed by atoms with Crippen LogP contribution in [0.4, 0.5) is 21.9 Å². The number of carbonyl (C=O) groups excluding carboxylic acids is 2. The summed E-state index contributed by atoms with van der Waals surface area (Å²) < 4.78 is 0. The molecule has 0 aliphatic carbocycles. The first-order chi connectivity index (χ1) is 20.1. The summed E-state index contributed by atoms with van der Waals surface area (Å²) in [5, 5.41) is 3.68. The Morgan fingerprint density at radius 2 is 1.74 bits per heavy atom. The molecule has 3 aromatic rings. The largest absolute Gasteiger partial charge is 0.378 e. The van der Waals surface area contributed by atoms with E-state index in [4.69, 9.17) is 11.6 Å². The lowest BCUT2D eigenvalue weighted by molar-refractivity contribution is 0.0818. The molecule has 42 heavy (non-hydrogen) atoms. The van der Waals surface area contributed by atoms with Crippen LogP contribution in [-0.4, -0.2) is 73.5 Å². The molecule has 0 radical (unpaired) electrons. The van der Waals surface area contributed by atoms with Crippen LogP contribution in [0.25, 0.3) is 0 Å². The van der Waals surface area contributed by atoms with E-state index in [-0.39, 0.29) is 11.9 Å². The number of nitrogens with one attached hydrogen (secondary N) is 1. The van der Waals surface area contributed by atoms with Crippen molar-refractivity contribution in [3.63, 3.8) is 0 Å². The maximum atomic E-state index is 13.5. The van der Waals surface area contributed by atoms with E-state index < -0.39 is 0 Å². The van der Waals surface area contributed by atoms with Gasteiger partial charge in [0.25, 0.3) is 5.91 Å². The smallest absolute Gasteiger partial charge is 0.326 e. The lowest BCUT2D eigenvalue weighted by Gasteiger charge is -2.25. The van der Waals surface area contributed by atoms with E-state index >= 15 is 0 Å². The number of anilines is 3. The van der Waals surface area contributed by atoms with Crippen molar-refractivity contribution >= 4 is 40.6 Å². The van der Waals surface area contributed by atoms with Crippen molar-refractivity contribution in [3.8, 4) is 0 Å². The van der Waals surface area contributed by atoms with Gasteiger partial charge in [-0.15, -0.1) is 0 Å². The summed E-state index contributed by atoms with van der Waals surface area (Å²) in [6.45, 7) is 9.64. The maximum absolute atomic E-state index is 13.5. The summed E-state index contributed by atoms with van der Waals surface area (Å²) in [6, 6.07) is 15.2. The van der Waals surface area contributed by atoms with E-state index in [0.717, 1.165) is 59.9 Å². The molecular weight excluding hydrogens is 548 g/mol. The van der Waals surface area contributed by atoms with Crippen molar-refractivity contribution in [2.45, 2.75) is 27.2 Å². The van der Waals surface area contributed by atoms with E-state index in [1.807, 2.05) is 99.4 Å². The van der Waals surface area contributed by atoms with Crippen LogP contribution < -0.4 is 15.1 Å². The third-order valence-corrected chi connectivity index (χ3v) is 8.58. The van der Waals surface area contributed by atoms with Gasteiger partial charge >= 0.3 is 6.03 Å². The van der Waals surface area contributed by atoms with Gasteiger partial charge in [-0.3, -0.25) is 19.6 Å². The SMILES string of the molecule is Cc1ccc(N(CCCN2CC3=CN(C(=O)c4c(C)ccnc4C)CC3C2)C(=O)Nc2ccc(N(C)C)cc2)cc1Cl. The van der Waals surface area contributed by atoms with E-state index in [9.17, 15) is 9.59 Å². The second kappa shape index (κ2) is 12.5. The van der Waals surface area contributed by atoms with Gasteiger partial charge in [0.2, 0.25) is 0 Å². The zero-order valence-corrected chi connectivity index (χ0v) is 25.8. The highest BCUT2D eigenvalue weighted by Crippen LogP contribution is 2.31. The first-order valence-electron chi connectivity index (χ1n) is 14.4. The number of aromatic nitrogens is 1. The summed E-state index contributed by atoms with van der Waals surface area (Å²) in [7, 11) is 3.97. The fraction of sp³-hybridized carbons (Fsp3) is 0.364. The Kier molecular flexibility index (Phi) is 8.85.